The molecule has 0 spiro atoms. The van der Waals surface area contributed by atoms with E-state index >= 15 is 0 Å². The summed E-state index contributed by atoms with van der Waals surface area (Å²) in [6, 6.07) is 12.3. The second-order valence-corrected chi connectivity index (χ2v) is 4.42. The summed E-state index contributed by atoms with van der Waals surface area (Å²) in [5.74, 6) is -0.234. The fourth-order valence-corrected chi connectivity index (χ4v) is 2.07. The Bertz CT molecular complexity index is 714. The maximum Gasteiger partial charge on any atom is 0.273 e. The number of hydrogen-bond acceptors (Lipinski definition) is 4. The van der Waals surface area contributed by atoms with Crippen LogP contribution in [0.1, 0.15) is 25.1 Å². The van der Waals surface area contributed by atoms with Gasteiger partial charge in [0.25, 0.3) is 5.56 Å². The number of nitrogens with two attached hydrogens (primary N) is 1. The lowest BCUT2D eigenvalue weighted by Gasteiger charge is -2.17. The van der Waals surface area contributed by atoms with Crippen LogP contribution >= 0.6 is 0 Å². The molecule has 1 atom stereocenters. The van der Waals surface area contributed by atoms with Crippen LogP contribution in [0.15, 0.2) is 41.2 Å². The quantitative estimate of drug-likeness (QED) is 0.890. The largest absolute Gasteiger partial charge is 0.494 e. The van der Waals surface area contributed by atoms with E-state index in [0.29, 0.717) is 17.5 Å². The van der Waals surface area contributed by atoms with Crippen molar-refractivity contribution in [2.24, 2.45) is 5.73 Å². The fourth-order valence-electron chi connectivity index (χ4n) is 2.07. The number of aromatic hydroxyl groups is 1. The Balaban J connectivity index is 2.75. The topological polar surface area (TPSA) is 92.0 Å². The standard InChI is InChI=1S/C15H15N3O2/c1-2-13(17)18-14(19)8-11(12(9-16)15(18)20)10-6-4-3-5-7-10/h3-8,13,19H,2,17H2,1H3. The van der Waals surface area contributed by atoms with Gasteiger partial charge in [-0.15, -0.1) is 0 Å². The van der Waals surface area contributed by atoms with E-state index in [-0.39, 0.29) is 11.4 Å². The molecular weight excluding hydrogens is 254 g/mol. The van der Waals surface area contributed by atoms with E-state index in [1.165, 1.54) is 6.07 Å². The number of nitriles is 1. The molecule has 1 unspecified atom stereocenters. The minimum atomic E-state index is -0.653. The summed E-state index contributed by atoms with van der Waals surface area (Å²) in [6.07, 6.45) is -0.178. The van der Waals surface area contributed by atoms with Crippen LogP contribution in [0.3, 0.4) is 0 Å². The maximum atomic E-state index is 12.3. The van der Waals surface area contributed by atoms with Gasteiger partial charge in [0, 0.05) is 11.6 Å². The molecule has 2 rings (SSSR count). The summed E-state index contributed by atoms with van der Waals surface area (Å²) in [6.45, 7) is 1.80. The van der Waals surface area contributed by atoms with Crippen molar-refractivity contribution in [1.82, 2.24) is 4.57 Å². The maximum absolute atomic E-state index is 12.3. The van der Waals surface area contributed by atoms with Crippen molar-refractivity contribution < 1.29 is 5.11 Å². The Labute approximate surface area is 116 Å². The van der Waals surface area contributed by atoms with Crippen molar-refractivity contribution in [3.63, 3.8) is 0 Å². The molecule has 0 bridgehead atoms. The molecule has 0 fully saturated rings. The highest BCUT2D eigenvalue weighted by Gasteiger charge is 2.18. The van der Waals surface area contributed by atoms with Crippen LogP contribution in [-0.2, 0) is 0 Å². The van der Waals surface area contributed by atoms with Gasteiger partial charge in [0.05, 0.1) is 6.17 Å². The minimum absolute atomic E-state index is 0.0158. The van der Waals surface area contributed by atoms with Gasteiger partial charge in [-0.25, -0.2) is 0 Å². The third-order valence-electron chi connectivity index (χ3n) is 3.17. The summed E-state index contributed by atoms with van der Waals surface area (Å²) in [5, 5.41) is 19.3. The van der Waals surface area contributed by atoms with E-state index in [2.05, 4.69) is 0 Å². The molecule has 0 saturated heterocycles. The lowest BCUT2D eigenvalue weighted by molar-refractivity contribution is 0.366. The molecule has 1 aromatic carbocycles. The second-order valence-electron chi connectivity index (χ2n) is 4.42. The number of hydrogen-bond donors (Lipinski definition) is 2. The minimum Gasteiger partial charge on any atom is -0.494 e. The molecule has 102 valence electrons. The molecule has 0 aliphatic heterocycles. The third kappa shape index (κ3) is 2.29. The highest BCUT2D eigenvalue weighted by molar-refractivity contribution is 5.70. The van der Waals surface area contributed by atoms with Gasteiger partial charge in [0.15, 0.2) is 5.88 Å². The number of aromatic nitrogens is 1. The van der Waals surface area contributed by atoms with Crippen LogP contribution in [0.25, 0.3) is 11.1 Å². The molecule has 5 heteroatoms. The average molecular weight is 269 g/mol. The van der Waals surface area contributed by atoms with E-state index in [0.717, 1.165) is 4.57 Å². The van der Waals surface area contributed by atoms with Crippen LogP contribution in [0, 0.1) is 11.3 Å². The molecule has 5 nitrogen and oxygen atoms in total. The molecule has 20 heavy (non-hydrogen) atoms. The van der Waals surface area contributed by atoms with Crippen molar-refractivity contribution >= 4 is 0 Å². The summed E-state index contributed by atoms with van der Waals surface area (Å²) in [7, 11) is 0. The molecule has 0 aliphatic carbocycles. The van der Waals surface area contributed by atoms with Crippen molar-refractivity contribution in [3.05, 3.63) is 52.3 Å². The first kappa shape index (κ1) is 13.8. The Morgan fingerprint density at radius 3 is 2.60 bits per heavy atom. The number of nitrogens with zero attached hydrogens (tertiary/aromatic N) is 2. The van der Waals surface area contributed by atoms with Gasteiger partial charge >= 0.3 is 0 Å². The molecule has 0 amide bonds. The van der Waals surface area contributed by atoms with E-state index in [1.807, 2.05) is 12.1 Å². The normalized spacial score (nSPS) is 11.8. The van der Waals surface area contributed by atoms with Crippen molar-refractivity contribution in [1.29, 1.82) is 5.26 Å². The number of rotatable bonds is 3. The lowest BCUT2D eigenvalue weighted by atomic mass is 10.0. The van der Waals surface area contributed by atoms with Gasteiger partial charge < -0.3 is 10.8 Å². The Hall–Kier alpha value is -2.58. The zero-order valence-electron chi connectivity index (χ0n) is 11.1. The van der Waals surface area contributed by atoms with Crippen LogP contribution in [0.4, 0.5) is 0 Å². The summed E-state index contributed by atoms with van der Waals surface area (Å²) in [4.78, 5) is 12.3. The van der Waals surface area contributed by atoms with E-state index in [4.69, 9.17) is 5.73 Å². The van der Waals surface area contributed by atoms with Crippen molar-refractivity contribution in [2.75, 3.05) is 0 Å². The molecule has 1 aromatic heterocycles. The van der Waals surface area contributed by atoms with Crippen LogP contribution in [-0.4, -0.2) is 9.67 Å². The summed E-state index contributed by atoms with van der Waals surface area (Å²) in [5.41, 5.74) is 6.33. The van der Waals surface area contributed by atoms with E-state index in [9.17, 15) is 15.2 Å². The average Bonchev–Trinajstić information content (AvgIpc) is 2.47. The number of pyridine rings is 1. The van der Waals surface area contributed by atoms with Crippen LogP contribution in [0.2, 0.25) is 0 Å². The Kier molecular flexibility index (Phi) is 3.87. The van der Waals surface area contributed by atoms with Gasteiger partial charge in [-0.1, -0.05) is 37.3 Å². The molecule has 0 aliphatic rings. The SMILES string of the molecule is CCC(N)n1c(O)cc(-c2ccccc2)c(C#N)c1=O. The summed E-state index contributed by atoms with van der Waals surface area (Å²) >= 11 is 0. The molecule has 3 N–H and O–H groups in total. The van der Waals surface area contributed by atoms with Crippen molar-refractivity contribution in [2.45, 2.75) is 19.5 Å². The second kappa shape index (κ2) is 5.59. The zero-order valence-corrected chi connectivity index (χ0v) is 11.1. The van der Waals surface area contributed by atoms with E-state index in [1.54, 1.807) is 31.2 Å². The first-order valence-corrected chi connectivity index (χ1v) is 6.29. The molecule has 2 aromatic rings. The van der Waals surface area contributed by atoms with Gasteiger partial charge in [-0.3, -0.25) is 9.36 Å². The predicted octanol–water partition coefficient (Wildman–Crippen LogP) is 1.96. The third-order valence-corrected chi connectivity index (χ3v) is 3.17. The fraction of sp³-hybridized carbons (Fsp3) is 0.200. The highest BCUT2D eigenvalue weighted by atomic mass is 16.3. The zero-order chi connectivity index (χ0) is 14.7. The van der Waals surface area contributed by atoms with Gasteiger partial charge in [0.1, 0.15) is 11.6 Å². The highest BCUT2D eigenvalue weighted by Crippen LogP contribution is 2.26. The van der Waals surface area contributed by atoms with Gasteiger partial charge in [-0.2, -0.15) is 5.26 Å². The molecule has 0 saturated carbocycles. The monoisotopic (exact) mass is 269 g/mol. The molecular formula is C15H15N3O2. The first-order valence-electron chi connectivity index (χ1n) is 6.29. The van der Waals surface area contributed by atoms with Crippen LogP contribution in [0.5, 0.6) is 5.88 Å². The Morgan fingerprint density at radius 2 is 2.05 bits per heavy atom. The van der Waals surface area contributed by atoms with E-state index < -0.39 is 11.7 Å². The lowest BCUT2D eigenvalue weighted by Crippen LogP contribution is -2.31. The van der Waals surface area contributed by atoms with Gasteiger partial charge in [0.2, 0.25) is 0 Å². The smallest absolute Gasteiger partial charge is 0.273 e. The molecule has 0 radical (unpaired) electrons. The van der Waals surface area contributed by atoms with Crippen molar-refractivity contribution in [3.8, 4) is 23.1 Å². The first-order chi connectivity index (χ1) is 9.60. The Morgan fingerprint density at radius 1 is 1.40 bits per heavy atom. The predicted molar refractivity (Wildman–Crippen MR) is 76.0 cm³/mol. The van der Waals surface area contributed by atoms with Gasteiger partial charge in [-0.05, 0) is 12.0 Å². The number of benzene rings is 1. The summed E-state index contributed by atoms with van der Waals surface area (Å²) < 4.78 is 1.05. The van der Waals surface area contributed by atoms with Crippen LogP contribution < -0.4 is 11.3 Å². The molecule has 1 heterocycles.